The molecule has 0 spiro atoms. The molecule has 0 atom stereocenters. The van der Waals surface area contributed by atoms with Crippen molar-refractivity contribution in [1.82, 2.24) is 0 Å². The molecule has 0 aliphatic carbocycles. The maximum Gasteiger partial charge on any atom is 0.226 e. The van der Waals surface area contributed by atoms with Crippen LogP contribution in [-0.2, 0) is 9.59 Å². The minimum atomic E-state index is -0.0522. The number of carbonyl (C=O) groups excluding carboxylic acids is 2. The SMILES string of the molecule is CCCCCCCCCCCCCCCCCCCCCC(=O)Nc1ccc(NC(=O)C(C)C)cc1. The molecule has 1 rings (SSSR count). The zero-order valence-electron chi connectivity index (χ0n) is 23.8. The van der Waals surface area contributed by atoms with Gasteiger partial charge in [-0.2, -0.15) is 0 Å². The van der Waals surface area contributed by atoms with Gasteiger partial charge in [0.05, 0.1) is 0 Å². The summed E-state index contributed by atoms with van der Waals surface area (Å²) in [6.07, 6.45) is 26.4. The highest BCUT2D eigenvalue weighted by Crippen LogP contribution is 2.17. The zero-order valence-corrected chi connectivity index (χ0v) is 23.8. The minimum absolute atomic E-state index is 0.00358. The molecule has 0 bridgehead atoms. The lowest BCUT2D eigenvalue weighted by Gasteiger charge is -2.09. The van der Waals surface area contributed by atoms with E-state index in [2.05, 4.69) is 17.6 Å². The predicted molar refractivity (Wildman–Crippen MR) is 157 cm³/mol. The molecule has 4 nitrogen and oxygen atoms in total. The monoisotopic (exact) mass is 500 g/mol. The van der Waals surface area contributed by atoms with Crippen LogP contribution in [0.4, 0.5) is 11.4 Å². The highest BCUT2D eigenvalue weighted by atomic mass is 16.2. The van der Waals surface area contributed by atoms with Gasteiger partial charge in [0.2, 0.25) is 11.8 Å². The first-order chi connectivity index (χ1) is 17.5. The smallest absolute Gasteiger partial charge is 0.226 e. The number of anilines is 2. The molecule has 2 N–H and O–H groups in total. The number of hydrogen-bond acceptors (Lipinski definition) is 2. The average molecular weight is 501 g/mol. The number of carbonyl (C=O) groups is 2. The number of hydrogen-bond donors (Lipinski definition) is 2. The lowest BCUT2D eigenvalue weighted by molar-refractivity contribution is -0.119. The highest BCUT2D eigenvalue weighted by molar-refractivity contribution is 5.93. The van der Waals surface area contributed by atoms with Gasteiger partial charge in [-0.3, -0.25) is 9.59 Å². The quantitative estimate of drug-likeness (QED) is 0.147. The van der Waals surface area contributed by atoms with Crippen LogP contribution in [0.25, 0.3) is 0 Å². The van der Waals surface area contributed by atoms with Crippen molar-refractivity contribution in [3.63, 3.8) is 0 Å². The normalized spacial score (nSPS) is 11.1. The van der Waals surface area contributed by atoms with E-state index in [-0.39, 0.29) is 17.7 Å². The van der Waals surface area contributed by atoms with Gasteiger partial charge in [-0.1, -0.05) is 136 Å². The van der Waals surface area contributed by atoms with Gasteiger partial charge in [-0.05, 0) is 30.7 Å². The Balaban J connectivity index is 1.87. The van der Waals surface area contributed by atoms with E-state index >= 15 is 0 Å². The Hall–Kier alpha value is -1.84. The number of benzene rings is 1. The van der Waals surface area contributed by atoms with Gasteiger partial charge in [-0.15, -0.1) is 0 Å². The lowest BCUT2D eigenvalue weighted by Crippen LogP contribution is -2.17. The van der Waals surface area contributed by atoms with Crippen LogP contribution >= 0.6 is 0 Å². The van der Waals surface area contributed by atoms with Crippen molar-refractivity contribution >= 4 is 23.2 Å². The fraction of sp³-hybridized carbons (Fsp3) is 0.750. The number of rotatable bonds is 23. The van der Waals surface area contributed by atoms with Gasteiger partial charge in [-0.25, -0.2) is 0 Å². The molecule has 0 aliphatic rings. The van der Waals surface area contributed by atoms with Crippen molar-refractivity contribution in [1.29, 1.82) is 0 Å². The number of nitrogens with one attached hydrogen (secondary N) is 2. The van der Waals surface area contributed by atoms with Gasteiger partial charge < -0.3 is 10.6 Å². The Bertz CT molecular complexity index is 669. The van der Waals surface area contributed by atoms with Gasteiger partial charge in [0, 0.05) is 23.7 Å². The molecule has 0 heterocycles. The van der Waals surface area contributed by atoms with Crippen LogP contribution in [0.1, 0.15) is 149 Å². The summed E-state index contributed by atoms with van der Waals surface area (Å²) in [5.74, 6) is 0.0145. The summed E-state index contributed by atoms with van der Waals surface area (Å²) < 4.78 is 0. The second kappa shape index (κ2) is 22.4. The van der Waals surface area contributed by atoms with Gasteiger partial charge in [0.15, 0.2) is 0 Å². The highest BCUT2D eigenvalue weighted by Gasteiger charge is 2.07. The summed E-state index contributed by atoms with van der Waals surface area (Å²) in [5.41, 5.74) is 1.53. The molecular weight excluding hydrogens is 444 g/mol. The molecule has 0 saturated carbocycles. The van der Waals surface area contributed by atoms with Gasteiger partial charge in [0.1, 0.15) is 0 Å². The van der Waals surface area contributed by atoms with E-state index in [1.165, 1.54) is 109 Å². The minimum Gasteiger partial charge on any atom is -0.326 e. The summed E-state index contributed by atoms with van der Waals surface area (Å²) in [6, 6.07) is 7.33. The molecule has 0 saturated heterocycles. The van der Waals surface area contributed by atoms with Crippen LogP contribution in [0.5, 0.6) is 0 Å². The molecule has 0 aromatic heterocycles. The first-order valence-corrected chi connectivity index (χ1v) is 15.2. The average Bonchev–Trinajstić information content (AvgIpc) is 2.86. The van der Waals surface area contributed by atoms with Crippen molar-refractivity contribution in [2.24, 2.45) is 5.92 Å². The van der Waals surface area contributed by atoms with Crippen LogP contribution in [0.3, 0.4) is 0 Å². The van der Waals surface area contributed by atoms with Crippen LogP contribution in [-0.4, -0.2) is 11.8 Å². The standard InChI is InChI=1S/C32H56N2O2/c1-4-5-6-7-8-9-10-11-12-13-14-15-16-17-18-19-20-21-22-23-31(35)33-29-24-26-30(27-25-29)34-32(36)28(2)3/h24-28H,4-23H2,1-3H3,(H,33,35)(H,34,36). The molecule has 36 heavy (non-hydrogen) atoms. The Morgan fingerprint density at radius 2 is 0.889 bits per heavy atom. The fourth-order valence-corrected chi connectivity index (χ4v) is 4.51. The Labute approximate surface area is 222 Å². The molecule has 0 aliphatic heterocycles. The third-order valence-electron chi connectivity index (χ3n) is 6.97. The second-order valence-electron chi connectivity index (χ2n) is 10.9. The maximum atomic E-state index is 12.2. The fourth-order valence-electron chi connectivity index (χ4n) is 4.51. The molecule has 1 aromatic carbocycles. The summed E-state index contributed by atoms with van der Waals surface area (Å²) in [7, 11) is 0. The molecule has 2 amide bonds. The molecule has 0 unspecified atom stereocenters. The number of unbranched alkanes of at least 4 members (excludes halogenated alkanes) is 18. The Kier molecular flexibility index (Phi) is 20.0. The number of amides is 2. The lowest BCUT2D eigenvalue weighted by atomic mass is 10.0. The third-order valence-corrected chi connectivity index (χ3v) is 6.97. The molecular formula is C32H56N2O2. The van der Waals surface area contributed by atoms with Gasteiger partial charge in [0.25, 0.3) is 0 Å². The van der Waals surface area contributed by atoms with Crippen molar-refractivity contribution in [3.05, 3.63) is 24.3 Å². The molecule has 0 radical (unpaired) electrons. The largest absolute Gasteiger partial charge is 0.326 e. The topological polar surface area (TPSA) is 58.2 Å². The van der Waals surface area contributed by atoms with Crippen LogP contribution in [0.2, 0.25) is 0 Å². The van der Waals surface area contributed by atoms with E-state index in [9.17, 15) is 9.59 Å². The maximum absolute atomic E-state index is 12.2. The summed E-state index contributed by atoms with van der Waals surface area (Å²) in [4.78, 5) is 23.9. The van der Waals surface area contributed by atoms with Crippen LogP contribution in [0, 0.1) is 5.92 Å². The van der Waals surface area contributed by atoms with Crippen LogP contribution in [0.15, 0.2) is 24.3 Å². The van der Waals surface area contributed by atoms with E-state index in [4.69, 9.17) is 0 Å². The van der Waals surface area contributed by atoms with Crippen LogP contribution < -0.4 is 10.6 Å². The predicted octanol–water partition coefficient (Wildman–Crippen LogP) is 10.0. The summed E-state index contributed by atoms with van der Waals surface area (Å²) in [5, 5.41) is 5.81. The van der Waals surface area contributed by atoms with E-state index in [0.717, 1.165) is 24.2 Å². The Morgan fingerprint density at radius 1 is 0.556 bits per heavy atom. The summed E-state index contributed by atoms with van der Waals surface area (Å²) >= 11 is 0. The molecule has 206 valence electrons. The van der Waals surface area contributed by atoms with E-state index in [1.807, 2.05) is 38.1 Å². The van der Waals surface area contributed by atoms with Gasteiger partial charge >= 0.3 is 0 Å². The van der Waals surface area contributed by atoms with E-state index < -0.39 is 0 Å². The zero-order chi connectivity index (χ0) is 26.3. The van der Waals surface area contributed by atoms with Crippen molar-refractivity contribution in [2.45, 2.75) is 149 Å². The molecule has 1 aromatic rings. The van der Waals surface area contributed by atoms with E-state index in [1.54, 1.807) is 0 Å². The summed E-state index contributed by atoms with van der Waals surface area (Å²) in [6.45, 7) is 6.02. The molecule has 4 heteroatoms. The molecule has 0 fully saturated rings. The second-order valence-corrected chi connectivity index (χ2v) is 10.9. The van der Waals surface area contributed by atoms with Crippen molar-refractivity contribution < 1.29 is 9.59 Å². The first-order valence-electron chi connectivity index (χ1n) is 15.2. The third kappa shape index (κ3) is 18.4. The van der Waals surface area contributed by atoms with Crippen molar-refractivity contribution in [3.8, 4) is 0 Å². The van der Waals surface area contributed by atoms with Crippen molar-refractivity contribution in [2.75, 3.05) is 10.6 Å². The Morgan fingerprint density at radius 3 is 1.25 bits per heavy atom. The van der Waals surface area contributed by atoms with E-state index in [0.29, 0.717) is 6.42 Å². The first kappa shape index (κ1) is 32.2.